The summed E-state index contributed by atoms with van der Waals surface area (Å²) in [6.45, 7) is 1.94. The van der Waals surface area contributed by atoms with Gasteiger partial charge < -0.3 is 4.90 Å². The first-order chi connectivity index (χ1) is 16.8. The predicted octanol–water partition coefficient (Wildman–Crippen LogP) is 6.32. The lowest BCUT2D eigenvalue weighted by molar-refractivity contribution is 0.576. The van der Waals surface area contributed by atoms with Gasteiger partial charge in [-0.1, -0.05) is 90.5 Å². The molecule has 0 bridgehead atoms. The van der Waals surface area contributed by atoms with Crippen LogP contribution in [0.5, 0.6) is 0 Å². The SMILES string of the molecule is Cc1ccc(S(=O)(=O)N[C@H](/C(=C/c2ccccc2)c2ccccc2)c2ccc(N(C)C)cc2)cc1. The van der Waals surface area contributed by atoms with Crippen LogP contribution in [0.3, 0.4) is 0 Å². The van der Waals surface area contributed by atoms with Gasteiger partial charge in [-0.15, -0.1) is 0 Å². The molecule has 4 nitrogen and oxygen atoms in total. The van der Waals surface area contributed by atoms with Gasteiger partial charge in [-0.05, 0) is 59.5 Å². The fraction of sp³-hybridized carbons (Fsp3) is 0.133. The summed E-state index contributed by atoms with van der Waals surface area (Å²) in [7, 11) is 0.169. The third-order valence-corrected chi connectivity index (χ3v) is 7.33. The molecule has 5 heteroatoms. The lowest BCUT2D eigenvalue weighted by atomic mass is 9.91. The molecule has 4 rings (SSSR count). The van der Waals surface area contributed by atoms with Crippen LogP contribution in [0, 0.1) is 6.92 Å². The van der Waals surface area contributed by atoms with Crippen LogP contribution < -0.4 is 9.62 Å². The zero-order chi connectivity index (χ0) is 24.8. The van der Waals surface area contributed by atoms with Gasteiger partial charge in [0.05, 0.1) is 10.9 Å². The van der Waals surface area contributed by atoms with E-state index >= 15 is 0 Å². The van der Waals surface area contributed by atoms with E-state index in [-0.39, 0.29) is 4.90 Å². The van der Waals surface area contributed by atoms with Crippen molar-refractivity contribution in [3.05, 3.63) is 131 Å². The molecule has 0 fully saturated rings. The lowest BCUT2D eigenvalue weighted by Gasteiger charge is -2.24. The maximum Gasteiger partial charge on any atom is 0.241 e. The normalized spacial score (nSPS) is 12.8. The maximum absolute atomic E-state index is 13.5. The smallest absolute Gasteiger partial charge is 0.241 e. The molecule has 0 unspecified atom stereocenters. The summed E-state index contributed by atoms with van der Waals surface area (Å²) in [4.78, 5) is 2.26. The Bertz CT molecular complexity index is 1380. The van der Waals surface area contributed by atoms with Gasteiger partial charge in [0.1, 0.15) is 0 Å². The third kappa shape index (κ3) is 6.07. The summed E-state index contributed by atoms with van der Waals surface area (Å²) >= 11 is 0. The van der Waals surface area contributed by atoms with Crippen molar-refractivity contribution in [1.82, 2.24) is 4.72 Å². The molecule has 0 amide bonds. The van der Waals surface area contributed by atoms with Crippen LogP contribution in [0.15, 0.2) is 114 Å². The minimum atomic E-state index is -3.80. The van der Waals surface area contributed by atoms with E-state index in [0.29, 0.717) is 0 Å². The van der Waals surface area contributed by atoms with Crippen molar-refractivity contribution >= 4 is 27.4 Å². The Kier molecular flexibility index (Phi) is 7.49. The van der Waals surface area contributed by atoms with E-state index in [0.717, 1.165) is 33.5 Å². The first kappa shape index (κ1) is 24.5. The quantitative estimate of drug-likeness (QED) is 0.299. The van der Waals surface area contributed by atoms with Crippen molar-refractivity contribution in [3.8, 4) is 0 Å². The summed E-state index contributed by atoms with van der Waals surface area (Å²) in [5.41, 5.74) is 5.72. The van der Waals surface area contributed by atoms with Gasteiger partial charge in [0.25, 0.3) is 0 Å². The van der Waals surface area contributed by atoms with E-state index in [1.165, 1.54) is 0 Å². The number of nitrogens with zero attached hydrogens (tertiary/aromatic N) is 1. The highest BCUT2D eigenvalue weighted by atomic mass is 32.2. The zero-order valence-electron chi connectivity index (χ0n) is 20.2. The largest absolute Gasteiger partial charge is 0.378 e. The molecule has 1 N–H and O–H groups in total. The zero-order valence-corrected chi connectivity index (χ0v) is 21.0. The second-order valence-electron chi connectivity index (χ2n) is 8.73. The van der Waals surface area contributed by atoms with Gasteiger partial charge >= 0.3 is 0 Å². The molecule has 0 saturated heterocycles. The molecule has 4 aromatic rings. The molecule has 35 heavy (non-hydrogen) atoms. The fourth-order valence-electron chi connectivity index (χ4n) is 3.91. The molecule has 0 aliphatic rings. The Hall–Kier alpha value is -3.67. The second-order valence-corrected chi connectivity index (χ2v) is 10.4. The van der Waals surface area contributed by atoms with Crippen molar-refractivity contribution in [1.29, 1.82) is 0 Å². The number of benzene rings is 4. The van der Waals surface area contributed by atoms with E-state index in [9.17, 15) is 8.42 Å². The van der Waals surface area contributed by atoms with Crippen LogP contribution in [0.25, 0.3) is 11.6 Å². The first-order valence-electron chi connectivity index (χ1n) is 11.5. The van der Waals surface area contributed by atoms with Crippen LogP contribution in [-0.4, -0.2) is 22.5 Å². The highest BCUT2D eigenvalue weighted by Gasteiger charge is 2.25. The van der Waals surface area contributed by atoms with Gasteiger partial charge in [0.15, 0.2) is 0 Å². The first-order valence-corrected chi connectivity index (χ1v) is 13.0. The van der Waals surface area contributed by atoms with Crippen molar-refractivity contribution in [2.45, 2.75) is 17.9 Å². The lowest BCUT2D eigenvalue weighted by Crippen LogP contribution is -2.29. The van der Waals surface area contributed by atoms with Crippen molar-refractivity contribution in [2.24, 2.45) is 0 Å². The highest BCUT2D eigenvalue weighted by Crippen LogP contribution is 2.34. The van der Waals surface area contributed by atoms with E-state index in [1.807, 2.05) is 123 Å². The van der Waals surface area contributed by atoms with Gasteiger partial charge in [0, 0.05) is 19.8 Å². The van der Waals surface area contributed by atoms with Crippen molar-refractivity contribution in [2.75, 3.05) is 19.0 Å². The molecule has 0 aliphatic carbocycles. The minimum Gasteiger partial charge on any atom is -0.378 e. The summed E-state index contributed by atoms with van der Waals surface area (Å²) < 4.78 is 30.1. The molecule has 0 aliphatic heterocycles. The second kappa shape index (κ2) is 10.7. The molecular formula is C30H30N2O2S. The maximum atomic E-state index is 13.5. The monoisotopic (exact) mass is 482 g/mol. The van der Waals surface area contributed by atoms with Crippen LogP contribution >= 0.6 is 0 Å². The van der Waals surface area contributed by atoms with Crippen LogP contribution in [0.4, 0.5) is 5.69 Å². The summed E-state index contributed by atoms with van der Waals surface area (Å²) in [6, 6.07) is 34.2. The van der Waals surface area contributed by atoms with Crippen LogP contribution in [0.1, 0.15) is 28.3 Å². The fourth-order valence-corrected chi connectivity index (χ4v) is 5.11. The van der Waals surface area contributed by atoms with E-state index in [4.69, 9.17) is 0 Å². The number of rotatable bonds is 8. The molecule has 0 aromatic heterocycles. The van der Waals surface area contributed by atoms with Gasteiger partial charge in [-0.2, -0.15) is 4.72 Å². The molecule has 0 radical (unpaired) electrons. The van der Waals surface area contributed by atoms with E-state index in [1.54, 1.807) is 12.1 Å². The van der Waals surface area contributed by atoms with Crippen LogP contribution in [-0.2, 0) is 10.0 Å². The molecule has 0 spiro atoms. The number of hydrogen-bond acceptors (Lipinski definition) is 3. The van der Waals surface area contributed by atoms with E-state index < -0.39 is 16.1 Å². The number of nitrogens with one attached hydrogen (secondary N) is 1. The average molecular weight is 483 g/mol. The molecule has 4 aromatic carbocycles. The molecule has 178 valence electrons. The van der Waals surface area contributed by atoms with E-state index in [2.05, 4.69) is 10.8 Å². The highest BCUT2D eigenvalue weighted by molar-refractivity contribution is 7.89. The average Bonchev–Trinajstić information content (AvgIpc) is 2.87. The summed E-state index contributed by atoms with van der Waals surface area (Å²) in [5, 5.41) is 0. The van der Waals surface area contributed by atoms with Gasteiger partial charge in [-0.3, -0.25) is 0 Å². The Morgan fingerprint density at radius 2 is 1.34 bits per heavy atom. The third-order valence-electron chi connectivity index (χ3n) is 5.89. The molecule has 0 heterocycles. The number of anilines is 1. The Morgan fingerprint density at radius 3 is 1.91 bits per heavy atom. The molecule has 1 atom stereocenters. The predicted molar refractivity (Wildman–Crippen MR) is 146 cm³/mol. The van der Waals surface area contributed by atoms with Gasteiger partial charge in [-0.25, -0.2) is 8.42 Å². The molecular weight excluding hydrogens is 452 g/mol. The number of aryl methyl sites for hydroxylation is 1. The summed E-state index contributed by atoms with van der Waals surface area (Å²) in [5.74, 6) is 0. The topological polar surface area (TPSA) is 49.4 Å². The van der Waals surface area contributed by atoms with Crippen molar-refractivity contribution in [3.63, 3.8) is 0 Å². The Labute approximate surface area is 208 Å². The standard InChI is InChI=1S/C30H30N2O2S/c1-23-14-20-28(21-15-23)35(33,34)31-30(26-16-18-27(19-17-26)32(2)3)29(25-12-8-5-9-13-25)22-24-10-6-4-7-11-24/h4-22,30-31H,1-3H3/b29-22+/t30-/m0/s1. The Morgan fingerprint density at radius 1 is 0.771 bits per heavy atom. The molecule has 0 saturated carbocycles. The summed E-state index contributed by atoms with van der Waals surface area (Å²) in [6.07, 6.45) is 2.05. The van der Waals surface area contributed by atoms with Crippen LogP contribution in [0.2, 0.25) is 0 Å². The van der Waals surface area contributed by atoms with Crippen molar-refractivity contribution < 1.29 is 8.42 Å². The minimum absolute atomic E-state index is 0.241. The Balaban J connectivity index is 1.87. The number of hydrogen-bond donors (Lipinski definition) is 1. The van der Waals surface area contributed by atoms with Gasteiger partial charge in [0.2, 0.25) is 10.0 Å². The number of sulfonamides is 1.